The van der Waals surface area contributed by atoms with Gasteiger partial charge in [-0.05, 0) is 53.4 Å². The minimum absolute atomic E-state index is 0.185. The van der Waals surface area contributed by atoms with Gasteiger partial charge in [0.25, 0.3) is 7.52 Å². The molecule has 3 rings (SSSR count). The minimum atomic E-state index is -3.97. The van der Waals surface area contributed by atoms with Gasteiger partial charge in [-0.3, -0.25) is 9.36 Å². The van der Waals surface area contributed by atoms with Crippen molar-refractivity contribution in [3.8, 4) is 0 Å². The average Bonchev–Trinajstić information content (AvgIpc) is 3.43. The average molecular weight is 513 g/mol. The Bertz CT molecular complexity index is 1100. The van der Waals surface area contributed by atoms with Gasteiger partial charge in [-0.15, -0.1) is 0 Å². The van der Waals surface area contributed by atoms with Crippen molar-refractivity contribution in [1.29, 1.82) is 0 Å². The third-order valence-electron chi connectivity index (χ3n) is 5.64. The summed E-state index contributed by atoms with van der Waals surface area (Å²) in [6.07, 6.45) is 4.04. The van der Waals surface area contributed by atoms with Gasteiger partial charge < -0.3 is 29.4 Å². The highest BCUT2D eigenvalue weighted by Gasteiger charge is 2.40. The number of carboxylic acid groups (broad SMARTS) is 1. The predicted molar refractivity (Wildman–Crippen MR) is 127 cm³/mol. The number of carboxylic acids is 1. The number of nitrogens with two attached hydrogens (primary N) is 1. The minimum Gasteiger partial charge on any atom is -0.480 e. The molecular weight excluding hydrogens is 479 g/mol. The van der Waals surface area contributed by atoms with Crippen LogP contribution in [0.25, 0.3) is 11.2 Å². The standard InChI is InChI=1S/C21H33N6O7P/c1-13(9-27-11-25-16-17(22)23-10-24-18(16)27)32-12-35(31,26-21(3,4)20(29)30)34-14(2)19(28)33-15-7-5-6-8-15/h10-11,13-15H,5-9,12H2,1-4H3,(H,26,31)(H,29,30)(H2,22,23,24). The van der Waals surface area contributed by atoms with Crippen LogP contribution in [-0.4, -0.2) is 66.8 Å². The van der Waals surface area contributed by atoms with Crippen LogP contribution in [0.3, 0.4) is 0 Å². The molecule has 0 aliphatic heterocycles. The molecule has 0 aromatic carbocycles. The molecule has 1 aliphatic carbocycles. The molecule has 35 heavy (non-hydrogen) atoms. The van der Waals surface area contributed by atoms with Crippen molar-refractivity contribution in [2.45, 2.75) is 83.8 Å². The van der Waals surface area contributed by atoms with Gasteiger partial charge in [0.1, 0.15) is 29.8 Å². The molecule has 3 atom stereocenters. The lowest BCUT2D eigenvalue weighted by Gasteiger charge is -2.30. The number of carbonyl (C=O) groups excluding carboxylic acids is 1. The maximum Gasteiger partial charge on any atom is 0.335 e. The summed E-state index contributed by atoms with van der Waals surface area (Å²) in [7, 11) is -3.97. The van der Waals surface area contributed by atoms with Crippen LogP contribution in [0.5, 0.6) is 0 Å². The number of rotatable bonds is 12. The summed E-state index contributed by atoms with van der Waals surface area (Å²) in [4.78, 5) is 36.4. The van der Waals surface area contributed by atoms with E-state index < -0.39 is 43.6 Å². The molecule has 2 heterocycles. The Kier molecular flexibility index (Phi) is 8.47. The number of aliphatic carboxylic acids is 1. The number of hydrogen-bond acceptors (Lipinski definition) is 10. The first kappa shape index (κ1) is 27.0. The Balaban J connectivity index is 1.68. The maximum absolute atomic E-state index is 13.7. The number of carbonyl (C=O) groups is 2. The zero-order valence-corrected chi connectivity index (χ0v) is 21.2. The van der Waals surface area contributed by atoms with E-state index in [9.17, 15) is 19.3 Å². The predicted octanol–water partition coefficient (Wildman–Crippen LogP) is 2.31. The monoisotopic (exact) mass is 512 g/mol. The maximum atomic E-state index is 13.7. The van der Waals surface area contributed by atoms with Gasteiger partial charge in [0, 0.05) is 0 Å². The topological polar surface area (TPSA) is 181 Å². The lowest BCUT2D eigenvalue weighted by molar-refractivity contribution is -0.156. The Labute approximate surface area is 203 Å². The fourth-order valence-electron chi connectivity index (χ4n) is 3.71. The van der Waals surface area contributed by atoms with Gasteiger partial charge in [-0.1, -0.05) is 0 Å². The van der Waals surface area contributed by atoms with Crippen molar-refractivity contribution in [3.05, 3.63) is 12.7 Å². The third kappa shape index (κ3) is 6.97. The summed E-state index contributed by atoms with van der Waals surface area (Å²) in [6, 6.07) is 0. The first-order valence-electron chi connectivity index (χ1n) is 11.4. The zero-order valence-electron chi connectivity index (χ0n) is 20.3. The van der Waals surface area contributed by atoms with E-state index in [4.69, 9.17) is 19.7 Å². The number of fused-ring (bicyclic) bond motifs is 1. The molecule has 3 unspecified atom stereocenters. The summed E-state index contributed by atoms with van der Waals surface area (Å²) in [5, 5.41) is 12.0. The molecule has 1 aliphatic rings. The van der Waals surface area contributed by atoms with E-state index in [0.717, 1.165) is 25.7 Å². The summed E-state index contributed by atoms with van der Waals surface area (Å²) in [5.74, 6) is -1.64. The van der Waals surface area contributed by atoms with Crippen LogP contribution in [0, 0.1) is 0 Å². The van der Waals surface area contributed by atoms with Crippen LogP contribution in [0.2, 0.25) is 0 Å². The molecule has 2 aromatic rings. The molecule has 14 heteroatoms. The van der Waals surface area contributed by atoms with Gasteiger partial charge in [0.15, 0.2) is 17.6 Å². The molecule has 0 amide bonds. The molecule has 0 spiro atoms. The quantitative estimate of drug-likeness (QED) is 0.279. The van der Waals surface area contributed by atoms with Crippen molar-refractivity contribution in [2.75, 3.05) is 12.1 Å². The van der Waals surface area contributed by atoms with Crippen LogP contribution in [0.4, 0.5) is 5.82 Å². The number of hydrogen-bond donors (Lipinski definition) is 3. The first-order valence-corrected chi connectivity index (χ1v) is 13.2. The Morgan fingerprint density at radius 1 is 1.29 bits per heavy atom. The first-order chi connectivity index (χ1) is 16.4. The Morgan fingerprint density at radius 3 is 2.63 bits per heavy atom. The number of esters is 1. The highest BCUT2D eigenvalue weighted by Crippen LogP contribution is 2.46. The van der Waals surface area contributed by atoms with E-state index in [1.54, 1.807) is 17.8 Å². The zero-order chi connectivity index (χ0) is 25.8. The van der Waals surface area contributed by atoms with E-state index in [2.05, 4.69) is 20.0 Å². The largest absolute Gasteiger partial charge is 0.480 e. The van der Waals surface area contributed by atoms with Crippen LogP contribution in [0.15, 0.2) is 12.7 Å². The Hall–Kier alpha value is -2.60. The van der Waals surface area contributed by atoms with Gasteiger partial charge in [-0.25, -0.2) is 24.8 Å². The second-order valence-electron chi connectivity index (χ2n) is 9.24. The van der Waals surface area contributed by atoms with Crippen molar-refractivity contribution in [3.63, 3.8) is 0 Å². The number of aromatic nitrogens is 4. The lowest BCUT2D eigenvalue weighted by atomic mass is 10.1. The highest BCUT2D eigenvalue weighted by atomic mass is 31.2. The summed E-state index contributed by atoms with van der Waals surface area (Å²) >= 11 is 0. The van der Waals surface area contributed by atoms with Crippen LogP contribution < -0.4 is 10.8 Å². The fraction of sp³-hybridized carbons (Fsp3) is 0.667. The number of nitrogen functional groups attached to an aromatic ring is 1. The molecule has 13 nitrogen and oxygen atoms in total. The number of ether oxygens (including phenoxy) is 2. The molecule has 0 radical (unpaired) electrons. The number of imidazole rings is 1. The van der Waals surface area contributed by atoms with E-state index in [1.165, 1.54) is 27.1 Å². The van der Waals surface area contributed by atoms with Gasteiger partial charge in [0.05, 0.1) is 19.0 Å². The lowest BCUT2D eigenvalue weighted by Crippen LogP contribution is -2.46. The summed E-state index contributed by atoms with van der Waals surface area (Å²) < 4.78 is 32.2. The molecule has 2 aromatic heterocycles. The summed E-state index contributed by atoms with van der Waals surface area (Å²) in [5.41, 5.74) is 5.18. The van der Waals surface area contributed by atoms with Crippen molar-refractivity contribution in [2.24, 2.45) is 0 Å². The molecule has 0 saturated heterocycles. The van der Waals surface area contributed by atoms with E-state index in [-0.39, 0.29) is 18.5 Å². The van der Waals surface area contributed by atoms with E-state index in [0.29, 0.717) is 11.2 Å². The molecular formula is C21H33N6O7P. The van der Waals surface area contributed by atoms with Gasteiger partial charge >= 0.3 is 11.9 Å². The van der Waals surface area contributed by atoms with E-state index in [1.807, 2.05) is 0 Å². The molecule has 194 valence electrons. The number of anilines is 1. The van der Waals surface area contributed by atoms with Gasteiger partial charge in [0.2, 0.25) is 0 Å². The van der Waals surface area contributed by atoms with Gasteiger partial charge in [-0.2, -0.15) is 0 Å². The number of nitrogens with zero attached hydrogens (tertiary/aromatic N) is 4. The smallest absolute Gasteiger partial charge is 0.335 e. The Morgan fingerprint density at radius 2 is 1.97 bits per heavy atom. The normalized spacial score (nSPS) is 18.3. The third-order valence-corrected chi connectivity index (χ3v) is 7.69. The second kappa shape index (κ2) is 11.0. The van der Waals surface area contributed by atoms with Crippen molar-refractivity contribution in [1.82, 2.24) is 24.6 Å². The molecule has 4 N–H and O–H groups in total. The summed E-state index contributed by atoms with van der Waals surface area (Å²) in [6.45, 7) is 6.13. The molecule has 1 saturated carbocycles. The van der Waals surface area contributed by atoms with Crippen molar-refractivity contribution >= 4 is 36.4 Å². The number of nitrogens with one attached hydrogen (secondary N) is 1. The highest BCUT2D eigenvalue weighted by molar-refractivity contribution is 7.56. The second-order valence-corrected chi connectivity index (χ2v) is 11.3. The van der Waals surface area contributed by atoms with Crippen LogP contribution in [0.1, 0.15) is 53.4 Å². The van der Waals surface area contributed by atoms with Crippen LogP contribution >= 0.6 is 7.52 Å². The van der Waals surface area contributed by atoms with Crippen molar-refractivity contribution < 1.29 is 33.3 Å². The SMILES string of the molecule is CC(Cn1cnc2c(N)ncnc21)OCP(=O)(NC(C)(C)C(=O)O)OC(C)C(=O)OC1CCCC1. The van der Waals surface area contributed by atoms with E-state index >= 15 is 0 Å². The fourth-order valence-corrected chi connectivity index (χ4v) is 5.89. The molecule has 0 bridgehead atoms. The molecule has 1 fully saturated rings. The van der Waals surface area contributed by atoms with Crippen LogP contribution in [-0.2, 0) is 34.7 Å².